The van der Waals surface area contributed by atoms with Crippen LogP contribution in [0, 0.1) is 11.8 Å². The van der Waals surface area contributed by atoms with Crippen molar-refractivity contribution in [3.05, 3.63) is 0 Å². The Balaban J connectivity index is 3.48. The highest BCUT2D eigenvalue weighted by atomic mass is 16.5. The number of rotatable bonds is 23. The lowest BCUT2D eigenvalue weighted by atomic mass is 9.90. The fourth-order valence-electron chi connectivity index (χ4n) is 3.90. The number of carbonyl (C=O) groups excluding carboxylic acids is 2. The lowest BCUT2D eigenvalue weighted by Gasteiger charge is -2.18. The van der Waals surface area contributed by atoms with E-state index in [0.29, 0.717) is 25.6 Å². The minimum absolute atomic E-state index is 0.00389. The summed E-state index contributed by atoms with van der Waals surface area (Å²) >= 11 is 0. The van der Waals surface area contributed by atoms with Crippen molar-refractivity contribution in [2.45, 2.75) is 143 Å². The van der Waals surface area contributed by atoms with Crippen LogP contribution < -0.4 is 0 Å². The highest BCUT2D eigenvalue weighted by Gasteiger charge is 2.21. The van der Waals surface area contributed by atoms with E-state index < -0.39 is 0 Å². The van der Waals surface area contributed by atoms with Crippen LogP contribution in [0.1, 0.15) is 143 Å². The number of hydrogen-bond donors (Lipinski definition) is 0. The summed E-state index contributed by atoms with van der Waals surface area (Å²) < 4.78 is 10.7. The summed E-state index contributed by atoms with van der Waals surface area (Å²) in [5.41, 5.74) is 0. The summed E-state index contributed by atoms with van der Waals surface area (Å²) in [7, 11) is 0. The first-order valence-electron chi connectivity index (χ1n) is 13.8. The van der Waals surface area contributed by atoms with Crippen LogP contribution in [0.15, 0.2) is 0 Å². The third-order valence-electron chi connectivity index (χ3n) is 6.52. The lowest BCUT2D eigenvalue weighted by molar-refractivity contribution is -0.150. The first-order valence-corrected chi connectivity index (χ1v) is 13.8. The van der Waals surface area contributed by atoms with Crippen molar-refractivity contribution in [2.75, 3.05) is 13.2 Å². The third kappa shape index (κ3) is 19.6. The predicted octanol–water partition coefficient (Wildman–Crippen LogP) is 8.41. The van der Waals surface area contributed by atoms with Gasteiger partial charge in [-0.3, -0.25) is 9.59 Å². The van der Waals surface area contributed by atoms with Gasteiger partial charge in [0.05, 0.1) is 19.1 Å². The summed E-state index contributed by atoms with van der Waals surface area (Å²) in [5, 5.41) is 0. The number of carbonyl (C=O) groups is 2. The lowest BCUT2D eigenvalue weighted by Crippen LogP contribution is -2.22. The van der Waals surface area contributed by atoms with E-state index in [1.54, 1.807) is 0 Å². The third-order valence-corrected chi connectivity index (χ3v) is 6.52. The molecule has 0 saturated carbocycles. The van der Waals surface area contributed by atoms with E-state index in [0.717, 1.165) is 44.9 Å². The van der Waals surface area contributed by atoms with Gasteiger partial charge in [-0.05, 0) is 31.6 Å². The van der Waals surface area contributed by atoms with Gasteiger partial charge in [0, 0.05) is 6.42 Å². The molecule has 32 heavy (non-hydrogen) atoms. The highest BCUT2D eigenvalue weighted by molar-refractivity contribution is 5.72. The van der Waals surface area contributed by atoms with Gasteiger partial charge in [0.15, 0.2) is 0 Å². The van der Waals surface area contributed by atoms with Gasteiger partial charge in [-0.25, -0.2) is 0 Å². The Hall–Kier alpha value is -1.06. The van der Waals surface area contributed by atoms with Crippen LogP contribution in [-0.4, -0.2) is 25.2 Å². The Labute approximate surface area is 199 Å². The van der Waals surface area contributed by atoms with Crippen molar-refractivity contribution in [1.82, 2.24) is 0 Å². The number of esters is 2. The molecule has 0 aliphatic rings. The zero-order valence-corrected chi connectivity index (χ0v) is 21.9. The van der Waals surface area contributed by atoms with Crippen molar-refractivity contribution in [3.63, 3.8) is 0 Å². The SMILES string of the molecule is CCCCCCOC(=O)CCCCCCCCCCC(C)C(C)C(=O)OCCCCCC. The largest absolute Gasteiger partial charge is 0.466 e. The standard InChI is InChI=1S/C28H54O4/c1-5-7-9-19-23-31-27(29)22-18-16-14-12-11-13-15-17-21-25(3)26(4)28(30)32-24-20-10-8-6-2/h25-26H,5-24H2,1-4H3. The number of hydrogen-bond acceptors (Lipinski definition) is 4. The van der Waals surface area contributed by atoms with Crippen LogP contribution in [0.3, 0.4) is 0 Å². The number of unbranched alkanes of at least 4 members (excludes halogenated alkanes) is 13. The molecule has 0 N–H and O–H groups in total. The second-order valence-electron chi connectivity index (χ2n) is 9.64. The fraction of sp³-hybridized carbons (Fsp3) is 0.929. The van der Waals surface area contributed by atoms with Gasteiger partial charge >= 0.3 is 11.9 Å². The van der Waals surface area contributed by atoms with Crippen molar-refractivity contribution in [3.8, 4) is 0 Å². The van der Waals surface area contributed by atoms with Gasteiger partial charge in [0.1, 0.15) is 0 Å². The van der Waals surface area contributed by atoms with Gasteiger partial charge < -0.3 is 9.47 Å². The van der Waals surface area contributed by atoms with Crippen LogP contribution in [0.2, 0.25) is 0 Å². The molecule has 2 atom stereocenters. The van der Waals surface area contributed by atoms with Gasteiger partial charge in [-0.15, -0.1) is 0 Å². The molecule has 0 radical (unpaired) electrons. The molecule has 4 heteroatoms. The smallest absolute Gasteiger partial charge is 0.308 e. The Morgan fingerprint density at radius 3 is 1.62 bits per heavy atom. The Morgan fingerprint density at radius 2 is 1.06 bits per heavy atom. The van der Waals surface area contributed by atoms with Crippen LogP contribution in [0.25, 0.3) is 0 Å². The van der Waals surface area contributed by atoms with Crippen LogP contribution in [0.5, 0.6) is 0 Å². The monoisotopic (exact) mass is 454 g/mol. The molecule has 0 bridgehead atoms. The molecule has 0 aliphatic heterocycles. The van der Waals surface area contributed by atoms with E-state index >= 15 is 0 Å². The maximum Gasteiger partial charge on any atom is 0.308 e. The summed E-state index contributed by atoms with van der Waals surface area (Å²) in [6.07, 6.45) is 20.4. The zero-order chi connectivity index (χ0) is 23.9. The van der Waals surface area contributed by atoms with Crippen LogP contribution in [0.4, 0.5) is 0 Å². The van der Waals surface area contributed by atoms with E-state index in [1.165, 1.54) is 64.2 Å². The van der Waals surface area contributed by atoms with E-state index in [2.05, 4.69) is 20.8 Å². The Kier molecular flexibility index (Phi) is 22.3. The molecular formula is C28H54O4. The molecule has 0 aromatic heterocycles. The average Bonchev–Trinajstić information content (AvgIpc) is 2.79. The topological polar surface area (TPSA) is 52.6 Å². The molecule has 2 unspecified atom stereocenters. The average molecular weight is 455 g/mol. The summed E-state index contributed by atoms with van der Waals surface area (Å²) in [4.78, 5) is 23.8. The van der Waals surface area contributed by atoms with Gasteiger partial charge in [0.2, 0.25) is 0 Å². The van der Waals surface area contributed by atoms with E-state index in [4.69, 9.17) is 9.47 Å². The predicted molar refractivity (Wildman–Crippen MR) is 135 cm³/mol. The second kappa shape index (κ2) is 23.1. The van der Waals surface area contributed by atoms with Crippen molar-refractivity contribution in [1.29, 1.82) is 0 Å². The number of ether oxygens (including phenoxy) is 2. The van der Waals surface area contributed by atoms with Crippen molar-refractivity contribution < 1.29 is 19.1 Å². The molecular weight excluding hydrogens is 400 g/mol. The molecule has 0 fully saturated rings. The molecule has 0 saturated heterocycles. The summed E-state index contributed by atoms with van der Waals surface area (Å²) in [6.45, 7) is 9.74. The molecule has 0 spiro atoms. The van der Waals surface area contributed by atoms with E-state index in [9.17, 15) is 9.59 Å². The molecule has 0 heterocycles. The van der Waals surface area contributed by atoms with Gasteiger partial charge in [0.25, 0.3) is 0 Å². The van der Waals surface area contributed by atoms with Crippen LogP contribution >= 0.6 is 0 Å². The Bertz CT molecular complexity index is 435. The summed E-state index contributed by atoms with van der Waals surface area (Å²) in [6, 6.07) is 0. The Morgan fingerprint density at radius 1 is 0.594 bits per heavy atom. The van der Waals surface area contributed by atoms with Crippen molar-refractivity contribution >= 4 is 11.9 Å². The summed E-state index contributed by atoms with van der Waals surface area (Å²) in [5.74, 6) is 0.355. The minimum Gasteiger partial charge on any atom is -0.466 e. The molecule has 0 aliphatic carbocycles. The molecule has 0 rings (SSSR count). The van der Waals surface area contributed by atoms with Gasteiger partial charge in [-0.2, -0.15) is 0 Å². The highest BCUT2D eigenvalue weighted by Crippen LogP contribution is 2.21. The molecule has 190 valence electrons. The second-order valence-corrected chi connectivity index (χ2v) is 9.64. The minimum atomic E-state index is -0.0229. The molecule has 0 aromatic carbocycles. The van der Waals surface area contributed by atoms with E-state index in [-0.39, 0.29) is 17.9 Å². The normalized spacial score (nSPS) is 13.0. The quantitative estimate of drug-likeness (QED) is 0.115. The maximum absolute atomic E-state index is 12.2. The van der Waals surface area contributed by atoms with Crippen molar-refractivity contribution in [2.24, 2.45) is 11.8 Å². The first-order chi connectivity index (χ1) is 15.5. The van der Waals surface area contributed by atoms with E-state index in [1.807, 2.05) is 6.92 Å². The molecule has 4 nitrogen and oxygen atoms in total. The van der Waals surface area contributed by atoms with Gasteiger partial charge in [-0.1, -0.05) is 111 Å². The zero-order valence-electron chi connectivity index (χ0n) is 21.9. The van der Waals surface area contributed by atoms with Crippen LogP contribution in [-0.2, 0) is 19.1 Å². The molecule has 0 amide bonds. The maximum atomic E-state index is 12.2. The molecule has 0 aromatic rings. The first kappa shape index (κ1) is 30.9. The fourth-order valence-corrected chi connectivity index (χ4v) is 3.90.